The molecular formula is C11H21ClN4O. The van der Waals surface area contributed by atoms with Crippen molar-refractivity contribution in [3.63, 3.8) is 0 Å². The fraction of sp³-hybridized carbons (Fsp3) is 0.818. The highest BCUT2D eigenvalue weighted by Crippen LogP contribution is 2.14. The molecule has 1 aliphatic rings. The van der Waals surface area contributed by atoms with Crippen LogP contribution in [-0.2, 0) is 6.54 Å². The molecule has 0 spiro atoms. The molecular weight excluding hydrogens is 240 g/mol. The van der Waals surface area contributed by atoms with Crippen LogP contribution in [0.5, 0.6) is 0 Å². The minimum Gasteiger partial charge on any atom is -0.339 e. The molecule has 0 amide bonds. The molecule has 2 rings (SSSR count). The summed E-state index contributed by atoms with van der Waals surface area (Å²) < 4.78 is 5.18. The van der Waals surface area contributed by atoms with Crippen LogP contribution in [0.2, 0.25) is 0 Å². The standard InChI is InChI=1S/C11H20N4O.ClH/c1-8(2)11-13-10(14-16-11)7-15-5-3-9(12)4-6-15;/h8-9H,3-7,12H2,1-2H3;1H. The van der Waals surface area contributed by atoms with Crippen LogP contribution in [0.25, 0.3) is 0 Å². The molecule has 2 N–H and O–H groups in total. The summed E-state index contributed by atoms with van der Waals surface area (Å²) in [7, 11) is 0. The predicted octanol–water partition coefficient (Wildman–Crippen LogP) is 1.54. The van der Waals surface area contributed by atoms with Crippen molar-refractivity contribution in [3.8, 4) is 0 Å². The van der Waals surface area contributed by atoms with Crippen molar-refractivity contribution >= 4 is 12.4 Å². The Kier molecular flexibility index (Phi) is 5.36. The summed E-state index contributed by atoms with van der Waals surface area (Å²) in [5.74, 6) is 1.82. The lowest BCUT2D eigenvalue weighted by Gasteiger charge is -2.28. The maximum atomic E-state index is 5.86. The minimum atomic E-state index is 0. The SMILES string of the molecule is CC(C)c1nc(CN2CCC(N)CC2)no1.Cl. The molecule has 1 aromatic heterocycles. The van der Waals surface area contributed by atoms with Gasteiger partial charge in [0.1, 0.15) is 0 Å². The first-order valence-corrected chi connectivity index (χ1v) is 5.95. The predicted molar refractivity (Wildman–Crippen MR) is 68.1 cm³/mol. The van der Waals surface area contributed by atoms with Crippen molar-refractivity contribution in [2.75, 3.05) is 13.1 Å². The number of hydrogen-bond donors (Lipinski definition) is 1. The van der Waals surface area contributed by atoms with Gasteiger partial charge in [0.2, 0.25) is 5.89 Å². The monoisotopic (exact) mass is 260 g/mol. The molecule has 0 bridgehead atoms. The first-order chi connectivity index (χ1) is 7.65. The highest BCUT2D eigenvalue weighted by Gasteiger charge is 2.18. The van der Waals surface area contributed by atoms with E-state index in [-0.39, 0.29) is 12.4 Å². The van der Waals surface area contributed by atoms with Crippen LogP contribution in [0.4, 0.5) is 0 Å². The van der Waals surface area contributed by atoms with E-state index in [0.29, 0.717) is 12.0 Å². The highest BCUT2D eigenvalue weighted by molar-refractivity contribution is 5.85. The lowest BCUT2D eigenvalue weighted by Crippen LogP contribution is -2.39. The molecule has 0 saturated carbocycles. The molecule has 0 unspecified atom stereocenters. The van der Waals surface area contributed by atoms with Gasteiger partial charge in [-0.1, -0.05) is 19.0 Å². The van der Waals surface area contributed by atoms with E-state index in [4.69, 9.17) is 10.3 Å². The lowest BCUT2D eigenvalue weighted by atomic mass is 10.1. The highest BCUT2D eigenvalue weighted by atomic mass is 35.5. The Bertz CT molecular complexity index is 334. The zero-order valence-electron chi connectivity index (χ0n) is 10.4. The molecule has 0 aromatic carbocycles. The molecule has 0 atom stereocenters. The Morgan fingerprint density at radius 1 is 1.41 bits per heavy atom. The zero-order chi connectivity index (χ0) is 11.5. The number of nitrogens with two attached hydrogens (primary N) is 1. The van der Waals surface area contributed by atoms with E-state index < -0.39 is 0 Å². The molecule has 1 aromatic rings. The van der Waals surface area contributed by atoms with E-state index in [0.717, 1.165) is 44.2 Å². The molecule has 1 aliphatic heterocycles. The maximum absolute atomic E-state index is 5.86. The summed E-state index contributed by atoms with van der Waals surface area (Å²) in [4.78, 5) is 6.70. The van der Waals surface area contributed by atoms with Gasteiger partial charge in [-0.3, -0.25) is 4.90 Å². The summed E-state index contributed by atoms with van der Waals surface area (Å²) >= 11 is 0. The summed E-state index contributed by atoms with van der Waals surface area (Å²) in [6, 6.07) is 0.368. The second-order valence-electron chi connectivity index (χ2n) is 4.82. The summed E-state index contributed by atoms with van der Waals surface area (Å²) in [5, 5.41) is 3.99. The Labute approximate surface area is 108 Å². The largest absolute Gasteiger partial charge is 0.339 e. The molecule has 17 heavy (non-hydrogen) atoms. The van der Waals surface area contributed by atoms with Crippen molar-refractivity contribution in [1.82, 2.24) is 15.0 Å². The van der Waals surface area contributed by atoms with Gasteiger partial charge >= 0.3 is 0 Å². The van der Waals surface area contributed by atoms with E-state index in [1.165, 1.54) is 0 Å². The molecule has 1 fully saturated rings. The molecule has 1 saturated heterocycles. The van der Waals surface area contributed by atoms with Gasteiger partial charge in [0.05, 0.1) is 6.54 Å². The van der Waals surface area contributed by atoms with E-state index >= 15 is 0 Å². The van der Waals surface area contributed by atoms with Crippen LogP contribution in [0.3, 0.4) is 0 Å². The molecule has 6 heteroatoms. The molecule has 2 heterocycles. The van der Waals surface area contributed by atoms with E-state index in [9.17, 15) is 0 Å². The third-order valence-electron chi connectivity index (χ3n) is 2.97. The average molecular weight is 261 g/mol. The summed E-state index contributed by atoms with van der Waals surface area (Å²) in [6.07, 6.45) is 2.13. The Morgan fingerprint density at radius 2 is 2.06 bits per heavy atom. The lowest BCUT2D eigenvalue weighted by molar-refractivity contribution is 0.199. The second kappa shape index (κ2) is 6.33. The third-order valence-corrected chi connectivity index (χ3v) is 2.97. The number of piperidine rings is 1. The van der Waals surface area contributed by atoms with Crippen molar-refractivity contribution in [3.05, 3.63) is 11.7 Å². The molecule has 0 radical (unpaired) electrons. The quantitative estimate of drug-likeness (QED) is 0.893. The van der Waals surface area contributed by atoms with Gasteiger partial charge in [-0.25, -0.2) is 0 Å². The first kappa shape index (κ1) is 14.4. The van der Waals surface area contributed by atoms with Crippen LogP contribution in [0.15, 0.2) is 4.52 Å². The van der Waals surface area contributed by atoms with E-state index in [1.54, 1.807) is 0 Å². The summed E-state index contributed by atoms with van der Waals surface area (Å²) in [5.41, 5.74) is 5.86. The van der Waals surface area contributed by atoms with Gasteiger partial charge in [-0.15, -0.1) is 12.4 Å². The zero-order valence-corrected chi connectivity index (χ0v) is 11.2. The van der Waals surface area contributed by atoms with Gasteiger partial charge in [0.15, 0.2) is 5.82 Å². The van der Waals surface area contributed by atoms with Gasteiger partial charge in [0.25, 0.3) is 0 Å². The Hall–Kier alpha value is -0.650. The topological polar surface area (TPSA) is 68.2 Å². The van der Waals surface area contributed by atoms with Crippen molar-refractivity contribution in [2.24, 2.45) is 5.73 Å². The molecule has 5 nitrogen and oxygen atoms in total. The van der Waals surface area contributed by atoms with Crippen LogP contribution in [0, 0.1) is 0 Å². The van der Waals surface area contributed by atoms with Gasteiger partial charge in [0, 0.05) is 25.0 Å². The number of rotatable bonds is 3. The van der Waals surface area contributed by atoms with Crippen molar-refractivity contribution in [1.29, 1.82) is 0 Å². The van der Waals surface area contributed by atoms with E-state index in [1.807, 2.05) is 0 Å². The third kappa shape index (κ3) is 3.94. The van der Waals surface area contributed by atoms with Crippen LogP contribution >= 0.6 is 12.4 Å². The fourth-order valence-electron chi connectivity index (χ4n) is 1.88. The number of hydrogen-bond acceptors (Lipinski definition) is 5. The average Bonchev–Trinajstić information content (AvgIpc) is 2.70. The Morgan fingerprint density at radius 3 is 2.59 bits per heavy atom. The maximum Gasteiger partial charge on any atom is 0.229 e. The minimum absolute atomic E-state index is 0. The normalized spacial score (nSPS) is 18.4. The van der Waals surface area contributed by atoms with Crippen LogP contribution in [0.1, 0.15) is 44.3 Å². The number of nitrogens with zero attached hydrogens (tertiary/aromatic N) is 3. The summed E-state index contributed by atoms with van der Waals surface area (Å²) in [6.45, 7) is 6.96. The first-order valence-electron chi connectivity index (χ1n) is 5.95. The van der Waals surface area contributed by atoms with Crippen LogP contribution < -0.4 is 5.73 Å². The fourth-order valence-corrected chi connectivity index (χ4v) is 1.88. The Balaban J connectivity index is 0.00000144. The van der Waals surface area contributed by atoms with Crippen molar-refractivity contribution in [2.45, 2.75) is 45.2 Å². The second-order valence-corrected chi connectivity index (χ2v) is 4.82. The molecule has 98 valence electrons. The van der Waals surface area contributed by atoms with Gasteiger partial charge in [-0.2, -0.15) is 4.98 Å². The number of aromatic nitrogens is 2. The van der Waals surface area contributed by atoms with Crippen LogP contribution in [-0.4, -0.2) is 34.2 Å². The van der Waals surface area contributed by atoms with Gasteiger partial charge in [-0.05, 0) is 12.8 Å². The number of likely N-dealkylation sites (tertiary alicyclic amines) is 1. The smallest absolute Gasteiger partial charge is 0.229 e. The number of halogens is 1. The van der Waals surface area contributed by atoms with E-state index in [2.05, 4.69) is 28.9 Å². The molecule has 0 aliphatic carbocycles. The van der Waals surface area contributed by atoms with Gasteiger partial charge < -0.3 is 10.3 Å². The van der Waals surface area contributed by atoms with Crippen molar-refractivity contribution < 1.29 is 4.52 Å².